The van der Waals surface area contributed by atoms with Crippen LogP contribution in [0.1, 0.15) is 24.2 Å². The number of aromatic nitrogens is 2. The lowest BCUT2D eigenvalue weighted by Crippen LogP contribution is -2.25. The first kappa shape index (κ1) is 18.3. The molecule has 1 unspecified atom stereocenters. The molecule has 134 valence electrons. The maximum absolute atomic E-state index is 12.5. The Labute approximate surface area is 141 Å². The molecule has 8 nitrogen and oxygen atoms in total. The molecule has 1 aromatic carbocycles. The van der Waals surface area contributed by atoms with E-state index in [2.05, 4.69) is 15.2 Å². The van der Waals surface area contributed by atoms with E-state index in [0.29, 0.717) is 5.69 Å². The number of hydrogen-bond acceptors (Lipinski definition) is 5. The lowest BCUT2D eigenvalue weighted by molar-refractivity contribution is -0.389. The minimum absolute atomic E-state index is 0.0801. The van der Waals surface area contributed by atoms with Gasteiger partial charge in [0.05, 0.1) is 22.5 Å². The Kier molecular flexibility index (Phi) is 5.30. The zero-order chi connectivity index (χ0) is 18.7. The number of carbonyl (C=O) groups is 1. The SMILES string of the molecule is Cc1ccc(OC(F)F)c(NC(=O)C(C)n2nc([N+](=O)[O-])cc2C)c1. The highest BCUT2D eigenvalue weighted by atomic mass is 19.3. The van der Waals surface area contributed by atoms with Crippen LogP contribution in [0.4, 0.5) is 20.3 Å². The maximum atomic E-state index is 12.5. The molecule has 0 radical (unpaired) electrons. The minimum atomic E-state index is -3.04. The molecule has 10 heteroatoms. The molecule has 0 aliphatic carbocycles. The minimum Gasteiger partial charge on any atom is -0.433 e. The van der Waals surface area contributed by atoms with Crippen LogP contribution >= 0.6 is 0 Å². The number of amides is 1. The fourth-order valence-electron chi connectivity index (χ4n) is 2.24. The summed E-state index contributed by atoms with van der Waals surface area (Å²) in [6, 6.07) is 4.72. The van der Waals surface area contributed by atoms with Crippen molar-refractivity contribution in [3.63, 3.8) is 0 Å². The highest BCUT2D eigenvalue weighted by Gasteiger charge is 2.25. The number of halogens is 2. The highest BCUT2D eigenvalue weighted by molar-refractivity contribution is 5.95. The van der Waals surface area contributed by atoms with Crippen LogP contribution in [0.3, 0.4) is 0 Å². The summed E-state index contributed by atoms with van der Waals surface area (Å²) in [5.74, 6) is -1.13. The molecule has 1 heterocycles. The van der Waals surface area contributed by atoms with Gasteiger partial charge in [0.1, 0.15) is 11.8 Å². The number of nitrogens with one attached hydrogen (secondary N) is 1. The molecule has 1 atom stereocenters. The van der Waals surface area contributed by atoms with E-state index in [1.54, 1.807) is 19.9 Å². The van der Waals surface area contributed by atoms with Gasteiger partial charge in [-0.05, 0) is 43.4 Å². The third-order valence-corrected chi connectivity index (χ3v) is 3.45. The van der Waals surface area contributed by atoms with E-state index >= 15 is 0 Å². The fourth-order valence-corrected chi connectivity index (χ4v) is 2.24. The van der Waals surface area contributed by atoms with Crippen LogP contribution in [0.2, 0.25) is 0 Å². The number of rotatable bonds is 6. The van der Waals surface area contributed by atoms with E-state index < -0.39 is 23.5 Å². The molecule has 0 saturated heterocycles. The van der Waals surface area contributed by atoms with Crippen LogP contribution in [0.5, 0.6) is 5.75 Å². The molecule has 2 rings (SSSR count). The van der Waals surface area contributed by atoms with E-state index in [-0.39, 0.29) is 17.3 Å². The largest absolute Gasteiger partial charge is 0.433 e. The summed E-state index contributed by atoms with van der Waals surface area (Å²) in [6.45, 7) is 1.75. The molecule has 1 amide bonds. The second-order valence-corrected chi connectivity index (χ2v) is 5.39. The number of alkyl halides is 2. The van der Waals surface area contributed by atoms with Gasteiger partial charge in [-0.15, -0.1) is 0 Å². The van der Waals surface area contributed by atoms with E-state index in [1.165, 1.54) is 29.8 Å². The van der Waals surface area contributed by atoms with E-state index in [1.807, 2.05) is 0 Å². The van der Waals surface area contributed by atoms with E-state index in [9.17, 15) is 23.7 Å². The smallest absolute Gasteiger partial charge is 0.390 e. The molecular weight excluding hydrogens is 338 g/mol. The van der Waals surface area contributed by atoms with Gasteiger partial charge < -0.3 is 20.2 Å². The molecule has 0 aliphatic heterocycles. The zero-order valence-electron chi connectivity index (χ0n) is 13.7. The molecular formula is C15H16F2N4O4. The maximum Gasteiger partial charge on any atom is 0.390 e. The van der Waals surface area contributed by atoms with Crippen LogP contribution in [-0.2, 0) is 4.79 Å². The molecule has 0 spiro atoms. The van der Waals surface area contributed by atoms with Crippen molar-refractivity contribution in [2.45, 2.75) is 33.4 Å². The van der Waals surface area contributed by atoms with Crippen LogP contribution in [0.25, 0.3) is 0 Å². The van der Waals surface area contributed by atoms with Crippen LogP contribution in [0, 0.1) is 24.0 Å². The van der Waals surface area contributed by atoms with Crippen LogP contribution < -0.4 is 10.1 Å². The predicted octanol–water partition coefficient (Wildman–Crippen LogP) is 3.21. The summed E-state index contributed by atoms with van der Waals surface area (Å²) in [4.78, 5) is 22.5. The highest BCUT2D eigenvalue weighted by Crippen LogP contribution is 2.28. The Morgan fingerprint density at radius 2 is 2.04 bits per heavy atom. The Hall–Kier alpha value is -3.04. The van der Waals surface area contributed by atoms with Crippen molar-refractivity contribution in [3.8, 4) is 5.75 Å². The van der Waals surface area contributed by atoms with Gasteiger partial charge in [-0.3, -0.25) is 4.79 Å². The van der Waals surface area contributed by atoms with Gasteiger partial charge in [-0.2, -0.15) is 13.5 Å². The monoisotopic (exact) mass is 354 g/mol. The van der Waals surface area contributed by atoms with Gasteiger partial charge in [-0.25, -0.2) is 0 Å². The normalized spacial score (nSPS) is 12.1. The number of nitrogens with zero attached hydrogens (tertiary/aromatic N) is 3. The Morgan fingerprint density at radius 3 is 2.60 bits per heavy atom. The summed E-state index contributed by atoms with van der Waals surface area (Å²) >= 11 is 0. The fraction of sp³-hybridized carbons (Fsp3) is 0.333. The number of aryl methyl sites for hydroxylation is 2. The molecule has 25 heavy (non-hydrogen) atoms. The summed E-state index contributed by atoms with van der Waals surface area (Å²) in [5.41, 5.74) is 1.23. The van der Waals surface area contributed by atoms with Crippen molar-refractivity contribution in [1.29, 1.82) is 0 Å². The molecule has 1 N–H and O–H groups in total. The van der Waals surface area contributed by atoms with Crippen LogP contribution in [-0.4, -0.2) is 27.2 Å². The topological polar surface area (TPSA) is 99.3 Å². The second-order valence-electron chi connectivity index (χ2n) is 5.39. The van der Waals surface area contributed by atoms with Crippen molar-refractivity contribution in [2.75, 3.05) is 5.32 Å². The average Bonchev–Trinajstić information content (AvgIpc) is 2.91. The van der Waals surface area contributed by atoms with Crippen molar-refractivity contribution < 1.29 is 23.2 Å². The molecule has 0 aliphatic rings. The second kappa shape index (κ2) is 7.24. The quantitative estimate of drug-likeness (QED) is 0.634. The van der Waals surface area contributed by atoms with E-state index in [0.717, 1.165) is 5.56 Å². The first-order chi connectivity index (χ1) is 11.7. The first-order valence-corrected chi connectivity index (χ1v) is 7.26. The molecule has 0 fully saturated rings. The standard InChI is InChI=1S/C15H16F2N4O4/c1-8-4-5-12(25-15(16)17)11(6-8)18-14(22)10(3)20-9(2)7-13(19-20)21(23)24/h4-7,10,15H,1-3H3,(H,18,22). The van der Waals surface area contributed by atoms with Crippen molar-refractivity contribution in [3.05, 3.63) is 45.6 Å². The summed E-state index contributed by atoms with van der Waals surface area (Å²) in [6.07, 6.45) is 0. The molecule has 1 aromatic heterocycles. The summed E-state index contributed by atoms with van der Waals surface area (Å²) in [7, 11) is 0. The molecule has 2 aromatic rings. The summed E-state index contributed by atoms with van der Waals surface area (Å²) < 4.78 is 30.5. The third kappa shape index (κ3) is 4.28. The Balaban J connectivity index is 2.24. The van der Waals surface area contributed by atoms with Crippen LogP contribution in [0.15, 0.2) is 24.3 Å². The number of carbonyl (C=O) groups excluding carboxylic acids is 1. The number of anilines is 1. The van der Waals surface area contributed by atoms with Gasteiger partial charge >= 0.3 is 12.4 Å². The van der Waals surface area contributed by atoms with Crippen molar-refractivity contribution >= 4 is 17.4 Å². The summed E-state index contributed by atoms with van der Waals surface area (Å²) in [5, 5.41) is 17.0. The zero-order valence-corrected chi connectivity index (χ0v) is 13.7. The number of ether oxygens (including phenoxy) is 1. The number of hydrogen-bond donors (Lipinski definition) is 1. The third-order valence-electron chi connectivity index (χ3n) is 3.45. The Morgan fingerprint density at radius 1 is 1.36 bits per heavy atom. The average molecular weight is 354 g/mol. The van der Waals surface area contributed by atoms with E-state index in [4.69, 9.17) is 0 Å². The predicted molar refractivity (Wildman–Crippen MR) is 84.8 cm³/mol. The lowest BCUT2D eigenvalue weighted by atomic mass is 10.2. The van der Waals surface area contributed by atoms with Gasteiger partial charge in [-0.1, -0.05) is 6.07 Å². The Bertz CT molecular complexity index is 807. The molecule has 0 saturated carbocycles. The van der Waals surface area contributed by atoms with Crippen molar-refractivity contribution in [1.82, 2.24) is 9.78 Å². The number of benzene rings is 1. The number of nitro groups is 1. The first-order valence-electron chi connectivity index (χ1n) is 7.26. The lowest BCUT2D eigenvalue weighted by Gasteiger charge is -2.15. The van der Waals surface area contributed by atoms with Crippen molar-refractivity contribution in [2.24, 2.45) is 0 Å². The van der Waals surface area contributed by atoms with Gasteiger partial charge in [0.25, 0.3) is 5.91 Å². The van der Waals surface area contributed by atoms with Gasteiger partial charge in [0, 0.05) is 0 Å². The van der Waals surface area contributed by atoms with Gasteiger partial charge in [0.15, 0.2) is 0 Å². The van der Waals surface area contributed by atoms with Gasteiger partial charge in [0.2, 0.25) is 0 Å². The molecule has 0 bridgehead atoms.